The quantitative estimate of drug-likeness (QED) is 0.741. The molecular weight excluding hydrogens is 174 g/mol. The molecule has 1 saturated carbocycles. The Morgan fingerprint density at radius 3 is 2.79 bits per heavy atom. The number of hydrogen-bond acceptors (Lipinski definition) is 2. The first-order valence-electron chi connectivity index (χ1n) is 4.93. The van der Waals surface area contributed by atoms with Crippen molar-refractivity contribution in [1.82, 2.24) is 4.98 Å². The molecule has 0 radical (unpaired) electrons. The lowest BCUT2D eigenvalue weighted by atomic mass is 10.1. The van der Waals surface area contributed by atoms with E-state index < -0.39 is 0 Å². The van der Waals surface area contributed by atoms with Crippen LogP contribution in [0, 0.1) is 0 Å². The lowest BCUT2D eigenvalue weighted by molar-refractivity contribution is 0.480. The molecule has 1 N–H and O–H groups in total. The second-order valence-corrected chi connectivity index (χ2v) is 3.86. The largest absolute Gasteiger partial charge is 0.507 e. The van der Waals surface area contributed by atoms with E-state index in [0.717, 1.165) is 16.6 Å². The minimum absolute atomic E-state index is 0.359. The molecule has 70 valence electrons. The maximum atomic E-state index is 9.79. The molecule has 0 bridgehead atoms. The van der Waals surface area contributed by atoms with Crippen LogP contribution in [0.1, 0.15) is 24.5 Å². The van der Waals surface area contributed by atoms with Gasteiger partial charge < -0.3 is 5.11 Å². The number of aromatic nitrogens is 1. The van der Waals surface area contributed by atoms with Crippen LogP contribution in [0.5, 0.6) is 5.75 Å². The van der Waals surface area contributed by atoms with Gasteiger partial charge in [0, 0.05) is 23.1 Å². The van der Waals surface area contributed by atoms with Gasteiger partial charge in [-0.05, 0) is 25.0 Å². The zero-order chi connectivity index (χ0) is 9.54. The summed E-state index contributed by atoms with van der Waals surface area (Å²) in [6.07, 6.45) is 2.43. The van der Waals surface area contributed by atoms with Crippen molar-refractivity contribution in [2.75, 3.05) is 0 Å². The Bertz CT molecular complexity index is 489. The van der Waals surface area contributed by atoms with Crippen molar-refractivity contribution in [1.29, 1.82) is 0 Å². The third kappa shape index (κ3) is 1.15. The van der Waals surface area contributed by atoms with Crippen molar-refractivity contribution in [2.45, 2.75) is 18.8 Å². The van der Waals surface area contributed by atoms with Crippen molar-refractivity contribution in [3.05, 3.63) is 36.0 Å². The van der Waals surface area contributed by atoms with E-state index in [9.17, 15) is 5.11 Å². The smallest absolute Gasteiger partial charge is 0.126 e. The Morgan fingerprint density at radius 1 is 1.21 bits per heavy atom. The Hall–Kier alpha value is -1.57. The van der Waals surface area contributed by atoms with E-state index in [0.29, 0.717) is 11.7 Å². The van der Waals surface area contributed by atoms with Crippen LogP contribution in [0.15, 0.2) is 30.3 Å². The summed E-state index contributed by atoms with van der Waals surface area (Å²) < 4.78 is 0. The van der Waals surface area contributed by atoms with Crippen LogP contribution in [0.3, 0.4) is 0 Å². The zero-order valence-electron chi connectivity index (χ0n) is 7.77. The van der Waals surface area contributed by atoms with Gasteiger partial charge in [0.15, 0.2) is 0 Å². The topological polar surface area (TPSA) is 33.1 Å². The van der Waals surface area contributed by atoms with E-state index >= 15 is 0 Å². The summed E-state index contributed by atoms with van der Waals surface area (Å²) in [5.74, 6) is 0.947. The number of para-hydroxylation sites is 1. The highest BCUT2D eigenvalue weighted by molar-refractivity contribution is 5.84. The molecule has 2 nitrogen and oxygen atoms in total. The van der Waals surface area contributed by atoms with Gasteiger partial charge in [-0.3, -0.25) is 4.98 Å². The number of hydrogen-bond donors (Lipinski definition) is 1. The first-order chi connectivity index (χ1) is 6.84. The highest BCUT2D eigenvalue weighted by Crippen LogP contribution is 2.41. The standard InChI is InChI=1S/C12H11NO/c14-12-7-11(8-5-6-8)13-10-4-2-1-3-9(10)12/h1-4,7-8H,5-6H2,(H,13,14). The molecule has 3 rings (SSSR count). The lowest BCUT2D eigenvalue weighted by Gasteiger charge is -2.03. The number of fused-ring (bicyclic) bond motifs is 1. The van der Waals surface area contributed by atoms with Crippen LogP contribution in [-0.2, 0) is 0 Å². The molecule has 0 atom stereocenters. The highest BCUT2D eigenvalue weighted by Gasteiger charge is 2.25. The fourth-order valence-electron chi connectivity index (χ4n) is 1.77. The maximum Gasteiger partial charge on any atom is 0.126 e. The zero-order valence-corrected chi connectivity index (χ0v) is 7.77. The molecule has 1 aliphatic rings. The highest BCUT2D eigenvalue weighted by atomic mass is 16.3. The van der Waals surface area contributed by atoms with E-state index in [2.05, 4.69) is 4.98 Å². The Kier molecular flexibility index (Phi) is 1.51. The number of rotatable bonds is 1. The first kappa shape index (κ1) is 7.80. The van der Waals surface area contributed by atoms with Crippen molar-refractivity contribution in [2.24, 2.45) is 0 Å². The fourth-order valence-corrected chi connectivity index (χ4v) is 1.77. The summed E-state index contributed by atoms with van der Waals surface area (Å²) in [6.45, 7) is 0. The normalized spacial score (nSPS) is 16.0. The number of pyridine rings is 1. The van der Waals surface area contributed by atoms with Gasteiger partial charge in [-0.1, -0.05) is 12.1 Å². The summed E-state index contributed by atoms with van der Waals surface area (Å²) in [4.78, 5) is 4.54. The molecule has 0 aliphatic heterocycles. The molecular formula is C12H11NO. The SMILES string of the molecule is Oc1cc(C2CC2)nc2ccccc12. The van der Waals surface area contributed by atoms with Crippen LogP contribution in [0.2, 0.25) is 0 Å². The van der Waals surface area contributed by atoms with Crippen molar-refractivity contribution in [3.8, 4) is 5.75 Å². The predicted molar refractivity (Wildman–Crippen MR) is 55.4 cm³/mol. The van der Waals surface area contributed by atoms with E-state index in [1.165, 1.54) is 12.8 Å². The van der Waals surface area contributed by atoms with Gasteiger partial charge in [-0.2, -0.15) is 0 Å². The molecule has 1 aliphatic carbocycles. The van der Waals surface area contributed by atoms with E-state index in [1.807, 2.05) is 24.3 Å². The molecule has 0 amide bonds. The van der Waals surface area contributed by atoms with Gasteiger partial charge in [-0.15, -0.1) is 0 Å². The Labute approximate surface area is 82.2 Å². The molecule has 1 aromatic carbocycles. The molecule has 2 heteroatoms. The van der Waals surface area contributed by atoms with Crippen LogP contribution in [0.25, 0.3) is 10.9 Å². The molecule has 0 spiro atoms. The average molecular weight is 185 g/mol. The molecule has 1 aromatic heterocycles. The second kappa shape index (κ2) is 2.71. The average Bonchev–Trinajstić information content (AvgIpc) is 3.01. The number of aromatic hydroxyl groups is 1. The van der Waals surface area contributed by atoms with E-state index in [4.69, 9.17) is 0 Å². The lowest BCUT2D eigenvalue weighted by Crippen LogP contribution is -1.87. The molecule has 1 heterocycles. The van der Waals surface area contributed by atoms with Crippen LogP contribution >= 0.6 is 0 Å². The van der Waals surface area contributed by atoms with Gasteiger partial charge in [0.2, 0.25) is 0 Å². The molecule has 14 heavy (non-hydrogen) atoms. The maximum absolute atomic E-state index is 9.79. The van der Waals surface area contributed by atoms with E-state index in [1.54, 1.807) is 6.07 Å². The summed E-state index contributed by atoms with van der Waals surface area (Å²) in [5, 5.41) is 10.6. The third-order valence-corrected chi connectivity index (χ3v) is 2.71. The second-order valence-electron chi connectivity index (χ2n) is 3.86. The predicted octanol–water partition coefficient (Wildman–Crippen LogP) is 2.82. The summed E-state index contributed by atoms with van der Waals surface area (Å²) >= 11 is 0. The first-order valence-corrected chi connectivity index (χ1v) is 4.93. The van der Waals surface area contributed by atoms with Crippen LogP contribution in [-0.4, -0.2) is 10.1 Å². The summed E-state index contributed by atoms with van der Waals surface area (Å²) in [5.41, 5.74) is 1.94. The van der Waals surface area contributed by atoms with Gasteiger partial charge >= 0.3 is 0 Å². The van der Waals surface area contributed by atoms with Gasteiger partial charge in [-0.25, -0.2) is 0 Å². The molecule has 0 saturated heterocycles. The number of benzene rings is 1. The third-order valence-electron chi connectivity index (χ3n) is 2.71. The van der Waals surface area contributed by atoms with Crippen molar-refractivity contribution in [3.63, 3.8) is 0 Å². The van der Waals surface area contributed by atoms with Crippen molar-refractivity contribution >= 4 is 10.9 Å². The summed E-state index contributed by atoms with van der Waals surface area (Å²) in [7, 11) is 0. The fraction of sp³-hybridized carbons (Fsp3) is 0.250. The molecule has 0 unspecified atom stereocenters. The molecule has 2 aromatic rings. The minimum atomic E-state index is 0.359. The minimum Gasteiger partial charge on any atom is -0.507 e. The molecule has 1 fully saturated rings. The van der Waals surface area contributed by atoms with Crippen LogP contribution in [0.4, 0.5) is 0 Å². The Balaban J connectivity index is 2.27. The monoisotopic (exact) mass is 185 g/mol. The Morgan fingerprint density at radius 2 is 2.00 bits per heavy atom. The van der Waals surface area contributed by atoms with Crippen molar-refractivity contribution < 1.29 is 5.11 Å². The van der Waals surface area contributed by atoms with Gasteiger partial charge in [0.05, 0.1) is 5.52 Å². The summed E-state index contributed by atoms with van der Waals surface area (Å²) in [6, 6.07) is 9.52. The van der Waals surface area contributed by atoms with Gasteiger partial charge in [0.1, 0.15) is 5.75 Å². The van der Waals surface area contributed by atoms with Gasteiger partial charge in [0.25, 0.3) is 0 Å². The van der Waals surface area contributed by atoms with Crippen LogP contribution < -0.4 is 0 Å². The van der Waals surface area contributed by atoms with E-state index in [-0.39, 0.29) is 0 Å². The number of nitrogens with zero attached hydrogens (tertiary/aromatic N) is 1.